The normalized spacial score (nSPS) is 25.1. The molecule has 0 amide bonds. The van der Waals surface area contributed by atoms with Gasteiger partial charge in [0, 0.05) is 18.0 Å². The van der Waals surface area contributed by atoms with Gasteiger partial charge in [0.15, 0.2) is 6.61 Å². The molecule has 0 aliphatic carbocycles. The van der Waals surface area contributed by atoms with E-state index in [0.29, 0.717) is 23.4 Å². The van der Waals surface area contributed by atoms with Crippen LogP contribution < -0.4 is 4.74 Å². The molecule has 3 aliphatic rings. The molecule has 1 atom stereocenters. The minimum atomic E-state index is 0.296. The van der Waals surface area contributed by atoms with Gasteiger partial charge in [-0.2, -0.15) is 4.37 Å². The summed E-state index contributed by atoms with van der Waals surface area (Å²) in [6.07, 6.45) is 2.52. The second kappa shape index (κ2) is 7.10. The van der Waals surface area contributed by atoms with Crippen molar-refractivity contribution in [1.82, 2.24) is 13.6 Å². The van der Waals surface area contributed by atoms with Crippen LogP contribution in [0.5, 0.6) is 5.88 Å². The van der Waals surface area contributed by atoms with Crippen molar-refractivity contribution >= 4 is 23.3 Å². The number of ether oxygens (including phenoxy) is 1. The zero-order valence-electron chi connectivity index (χ0n) is 13.2. The van der Waals surface area contributed by atoms with E-state index in [1.807, 2.05) is 24.3 Å². The van der Waals surface area contributed by atoms with Crippen molar-refractivity contribution in [2.45, 2.75) is 18.8 Å². The molecule has 24 heavy (non-hydrogen) atoms. The summed E-state index contributed by atoms with van der Waals surface area (Å²) >= 11 is 7.33. The highest BCUT2D eigenvalue weighted by molar-refractivity contribution is 6.99. The topological polar surface area (TPSA) is 38.3 Å². The van der Waals surface area contributed by atoms with Gasteiger partial charge in [0.05, 0.1) is 16.8 Å². The first-order valence-electron chi connectivity index (χ1n) is 8.22. The van der Waals surface area contributed by atoms with Gasteiger partial charge in [-0.25, -0.2) is 0 Å². The molecular formula is C18H18ClN3OS. The lowest BCUT2D eigenvalue weighted by Gasteiger charge is -2.44. The van der Waals surface area contributed by atoms with Crippen LogP contribution in [0.2, 0.25) is 5.02 Å². The third-order valence-electron chi connectivity index (χ3n) is 4.87. The smallest absolute Gasteiger partial charge is 0.250 e. The molecule has 3 fully saturated rings. The van der Waals surface area contributed by atoms with Crippen LogP contribution in [0.1, 0.15) is 30.0 Å². The summed E-state index contributed by atoms with van der Waals surface area (Å²) in [5.41, 5.74) is 1.84. The Bertz CT molecular complexity index is 774. The molecule has 0 saturated carbocycles. The fourth-order valence-corrected chi connectivity index (χ4v) is 4.33. The number of fused-ring (bicyclic) bond motifs is 3. The van der Waals surface area contributed by atoms with Crippen molar-refractivity contribution in [3.8, 4) is 17.7 Å². The highest BCUT2D eigenvalue weighted by Crippen LogP contribution is 2.41. The van der Waals surface area contributed by atoms with E-state index in [0.717, 1.165) is 23.7 Å². The minimum absolute atomic E-state index is 0.296. The zero-order chi connectivity index (χ0) is 16.4. The van der Waals surface area contributed by atoms with Crippen LogP contribution in [0, 0.1) is 17.8 Å². The number of rotatable bonds is 3. The first-order chi connectivity index (χ1) is 11.8. The van der Waals surface area contributed by atoms with Gasteiger partial charge in [0.25, 0.3) is 0 Å². The number of nitrogens with zero attached hydrogens (tertiary/aromatic N) is 3. The first kappa shape index (κ1) is 15.9. The van der Waals surface area contributed by atoms with Gasteiger partial charge < -0.3 is 9.64 Å². The van der Waals surface area contributed by atoms with E-state index >= 15 is 0 Å². The molecule has 5 rings (SSSR count). The molecule has 0 unspecified atom stereocenters. The minimum Gasteiger partial charge on any atom is -0.463 e. The Balaban J connectivity index is 1.42. The monoisotopic (exact) mass is 359 g/mol. The molecule has 0 radical (unpaired) electrons. The van der Waals surface area contributed by atoms with Crippen LogP contribution in [0.25, 0.3) is 0 Å². The molecule has 2 bridgehead atoms. The molecule has 4 heterocycles. The van der Waals surface area contributed by atoms with Crippen LogP contribution in [0.4, 0.5) is 0 Å². The molecular weight excluding hydrogens is 342 g/mol. The summed E-state index contributed by atoms with van der Waals surface area (Å²) in [7, 11) is 0. The summed E-state index contributed by atoms with van der Waals surface area (Å²) < 4.78 is 14.7. The highest BCUT2D eigenvalue weighted by Gasteiger charge is 2.38. The molecule has 124 valence electrons. The Kier molecular flexibility index (Phi) is 4.70. The van der Waals surface area contributed by atoms with Gasteiger partial charge in [-0.1, -0.05) is 35.6 Å². The van der Waals surface area contributed by atoms with Crippen LogP contribution in [-0.2, 0) is 0 Å². The van der Waals surface area contributed by atoms with Gasteiger partial charge in [-0.3, -0.25) is 0 Å². The van der Waals surface area contributed by atoms with E-state index < -0.39 is 0 Å². The standard InChI is InChI=1S/C18H18ClN3OS/c19-16-6-2-1-4-14(16)5-3-11-23-18-17(20-24-21-18)15-12-22-9-7-13(15)8-10-22/h1-2,4,6,13,15H,7-12H2/t15-/m1/s1. The molecule has 3 saturated heterocycles. The number of halogens is 1. The molecule has 2 aromatic rings. The summed E-state index contributed by atoms with van der Waals surface area (Å²) in [6.45, 7) is 3.82. The van der Waals surface area contributed by atoms with Gasteiger partial charge >= 0.3 is 0 Å². The maximum Gasteiger partial charge on any atom is 0.250 e. The van der Waals surface area contributed by atoms with E-state index in [2.05, 4.69) is 25.5 Å². The Morgan fingerprint density at radius 2 is 2.08 bits per heavy atom. The number of piperidine rings is 3. The number of aromatic nitrogens is 2. The molecule has 1 aromatic heterocycles. The van der Waals surface area contributed by atoms with Crippen molar-refractivity contribution in [2.24, 2.45) is 5.92 Å². The number of hydrogen-bond acceptors (Lipinski definition) is 5. The van der Waals surface area contributed by atoms with Crippen molar-refractivity contribution in [3.05, 3.63) is 40.5 Å². The predicted molar refractivity (Wildman–Crippen MR) is 95.6 cm³/mol. The lowest BCUT2D eigenvalue weighted by molar-refractivity contribution is 0.0843. The van der Waals surface area contributed by atoms with E-state index in [1.165, 1.54) is 37.7 Å². The third-order valence-corrected chi connectivity index (χ3v) is 5.72. The predicted octanol–water partition coefficient (Wildman–Crippen LogP) is 3.43. The van der Waals surface area contributed by atoms with Crippen molar-refractivity contribution in [2.75, 3.05) is 26.2 Å². The zero-order valence-corrected chi connectivity index (χ0v) is 14.8. The van der Waals surface area contributed by atoms with E-state index in [1.54, 1.807) is 0 Å². The highest BCUT2D eigenvalue weighted by atomic mass is 35.5. The Morgan fingerprint density at radius 3 is 2.83 bits per heavy atom. The van der Waals surface area contributed by atoms with Crippen LogP contribution in [-0.4, -0.2) is 39.9 Å². The molecule has 6 heteroatoms. The van der Waals surface area contributed by atoms with Gasteiger partial charge in [-0.05, 0) is 44.0 Å². The van der Waals surface area contributed by atoms with Crippen molar-refractivity contribution in [1.29, 1.82) is 0 Å². The third kappa shape index (κ3) is 3.27. The largest absolute Gasteiger partial charge is 0.463 e. The fourth-order valence-electron chi connectivity index (χ4n) is 3.59. The second-order valence-corrected chi connectivity index (χ2v) is 7.21. The summed E-state index contributed by atoms with van der Waals surface area (Å²) in [6, 6.07) is 7.55. The van der Waals surface area contributed by atoms with Crippen LogP contribution in [0.3, 0.4) is 0 Å². The Morgan fingerprint density at radius 1 is 1.25 bits per heavy atom. The van der Waals surface area contributed by atoms with E-state index in [9.17, 15) is 0 Å². The lowest BCUT2D eigenvalue weighted by Crippen LogP contribution is -2.46. The lowest BCUT2D eigenvalue weighted by atomic mass is 9.77. The van der Waals surface area contributed by atoms with Crippen molar-refractivity contribution in [3.63, 3.8) is 0 Å². The average Bonchev–Trinajstić information content (AvgIpc) is 3.09. The van der Waals surface area contributed by atoms with Gasteiger partial charge in [-0.15, -0.1) is 4.37 Å². The number of hydrogen-bond donors (Lipinski definition) is 0. The van der Waals surface area contributed by atoms with Crippen molar-refractivity contribution < 1.29 is 4.74 Å². The molecule has 1 aromatic carbocycles. The maximum atomic E-state index is 6.10. The molecule has 3 aliphatic heterocycles. The quantitative estimate of drug-likeness (QED) is 0.787. The molecule has 0 spiro atoms. The van der Waals surface area contributed by atoms with E-state index in [4.69, 9.17) is 16.3 Å². The molecule has 4 nitrogen and oxygen atoms in total. The maximum absolute atomic E-state index is 6.10. The first-order valence-corrected chi connectivity index (χ1v) is 9.33. The summed E-state index contributed by atoms with van der Waals surface area (Å²) in [5, 5.41) is 0.660. The SMILES string of the molecule is Clc1ccccc1C#CCOc1nsnc1[C@@H]1CN2CCC1CC2. The Labute approximate surface area is 151 Å². The summed E-state index contributed by atoms with van der Waals surface area (Å²) in [5.74, 6) is 7.89. The van der Waals surface area contributed by atoms with Crippen LogP contribution >= 0.6 is 23.3 Å². The summed E-state index contributed by atoms with van der Waals surface area (Å²) in [4.78, 5) is 2.52. The fraction of sp³-hybridized carbons (Fsp3) is 0.444. The van der Waals surface area contributed by atoms with Gasteiger partial charge in [0.2, 0.25) is 5.88 Å². The second-order valence-electron chi connectivity index (χ2n) is 6.27. The average molecular weight is 360 g/mol. The molecule has 0 N–H and O–H groups in total. The number of benzene rings is 1. The Hall–Kier alpha value is -1.61. The van der Waals surface area contributed by atoms with Crippen LogP contribution in [0.15, 0.2) is 24.3 Å². The van der Waals surface area contributed by atoms with E-state index in [-0.39, 0.29) is 0 Å². The van der Waals surface area contributed by atoms with Gasteiger partial charge in [0.1, 0.15) is 5.69 Å².